The summed E-state index contributed by atoms with van der Waals surface area (Å²) in [5.41, 5.74) is 0.805. The number of hydrogen-bond donors (Lipinski definition) is 1. The van der Waals surface area contributed by atoms with Crippen molar-refractivity contribution >= 4 is 22.4 Å². The smallest absolute Gasteiger partial charge is 0.312 e. The Morgan fingerprint density at radius 2 is 2.38 bits per heavy atom. The highest BCUT2D eigenvalue weighted by Gasteiger charge is 2.34. The first-order valence-corrected chi connectivity index (χ1v) is 8.59. The fraction of sp³-hybridized carbons (Fsp3) is 0.733. The molecule has 1 fully saturated rings. The quantitative estimate of drug-likeness (QED) is 0.906. The lowest BCUT2D eigenvalue weighted by atomic mass is 10.1. The monoisotopic (exact) mass is 310 g/mol. The fourth-order valence-electron chi connectivity index (χ4n) is 3.12. The second-order valence-electron chi connectivity index (χ2n) is 5.82. The SMILES string of the molecule is CCCOC1CCCN(c2nc3c(s2)CCC3C(=O)O)C1. The molecule has 1 aromatic rings. The van der Waals surface area contributed by atoms with E-state index in [1.165, 1.54) is 0 Å². The number of ether oxygens (including phenoxy) is 1. The Morgan fingerprint density at radius 1 is 1.52 bits per heavy atom. The Kier molecular flexibility index (Phi) is 4.45. The van der Waals surface area contributed by atoms with Crippen LogP contribution in [0.3, 0.4) is 0 Å². The van der Waals surface area contributed by atoms with Gasteiger partial charge >= 0.3 is 5.97 Å². The lowest BCUT2D eigenvalue weighted by Crippen LogP contribution is -2.39. The Labute approximate surface area is 128 Å². The second-order valence-corrected chi connectivity index (χ2v) is 6.88. The van der Waals surface area contributed by atoms with Crippen LogP contribution < -0.4 is 4.90 Å². The maximum Gasteiger partial charge on any atom is 0.312 e. The van der Waals surface area contributed by atoms with Gasteiger partial charge in [0.25, 0.3) is 0 Å². The van der Waals surface area contributed by atoms with E-state index in [1.807, 2.05) is 0 Å². The zero-order valence-electron chi connectivity index (χ0n) is 12.4. The minimum absolute atomic E-state index is 0.285. The maximum absolute atomic E-state index is 11.3. The Bertz CT molecular complexity index is 517. The van der Waals surface area contributed by atoms with Crippen LogP contribution in [-0.2, 0) is 16.0 Å². The van der Waals surface area contributed by atoms with Crippen LogP contribution in [0, 0.1) is 0 Å². The molecule has 1 N–H and O–H groups in total. The number of carboxylic acids is 1. The number of carboxylic acid groups (broad SMARTS) is 1. The van der Waals surface area contributed by atoms with E-state index in [-0.39, 0.29) is 6.10 Å². The first kappa shape index (κ1) is 14.8. The van der Waals surface area contributed by atoms with Gasteiger partial charge in [-0.2, -0.15) is 0 Å². The molecule has 1 saturated heterocycles. The van der Waals surface area contributed by atoms with Gasteiger partial charge in [0.2, 0.25) is 0 Å². The number of thiazole rings is 1. The third-order valence-corrected chi connectivity index (χ3v) is 5.40. The van der Waals surface area contributed by atoms with E-state index in [9.17, 15) is 9.90 Å². The molecule has 1 aliphatic heterocycles. The Balaban J connectivity index is 1.70. The molecule has 0 bridgehead atoms. The predicted molar refractivity (Wildman–Crippen MR) is 82.3 cm³/mol. The molecule has 2 heterocycles. The van der Waals surface area contributed by atoms with Crippen LogP contribution in [0.25, 0.3) is 0 Å². The molecule has 0 saturated carbocycles. The number of aliphatic carboxylic acids is 1. The number of aryl methyl sites for hydroxylation is 1. The molecule has 2 aliphatic rings. The van der Waals surface area contributed by atoms with Crippen LogP contribution in [0.2, 0.25) is 0 Å². The van der Waals surface area contributed by atoms with E-state index in [0.29, 0.717) is 6.42 Å². The van der Waals surface area contributed by atoms with Gasteiger partial charge in [0.15, 0.2) is 5.13 Å². The molecular weight excluding hydrogens is 288 g/mol. The molecular formula is C15H22N2O3S. The largest absolute Gasteiger partial charge is 0.481 e. The van der Waals surface area contributed by atoms with Crippen LogP contribution in [0.4, 0.5) is 5.13 Å². The lowest BCUT2D eigenvalue weighted by Gasteiger charge is -2.32. The van der Waals surface area contributed by atoms with Crippen molar-refractivity contribution in [2.75, 3.05) is 24.6 Å². The van der Waals surface area contributed by atoms with Gasteiger partial charge in [0.1, 0.15) is 5.92 Å². The average Bonchev–Trinajstić information content (AvgIpc) is 3.05. The predicted octanol–water partition coefficient (Wildman–Crippen LogP) is 2.65. The normalized spacial score (nSPS) is 25.1. The zero-order valence-corrected chi connectivity index (χ0v) is 13.2. The van der Waals surface area contributed by atoms with Crippen molar-refractivity contribution in [1.82, 2.24) is 4.98 Å². The van der Waals surface area contributed by atoms with E-state index < -0.39 is 11.9 Å². The topological polar surface area (TPSA) is 62.7 Å². The molecule has 0 spiro atoms. The van der Waals surface area contributed by atoms with Crippen LogP contribution in [-0.4, -0.2) is 41.9 Å². The number of rotatable bonds is 5. The molecule has 0 amide bonds. The van der Waals surface area contributed by atoms with E-state index in [4.69, 9.17) is 4.74 Å². The number of nitrogens with zero attached hydrogens (tertiary/aromatic N) is 2. The van der Waals surface area contributed by atoms with E-state index in [2.05, 4.69) is 16.8 Å². The van der Waals surface area contributed by atoms with Crippen molar-refractivity contribution in [2.45, 2.75) is 51.0 Å². The molecule has 1 aromatic heterocycles. The molecule has 2 unspecified atom stereocenters. The third kappa shape index (κ3) is 3.06. The van der Waals surface area contributed by atoms with Crippen LogP contribution in [0.1, 0.15) is 49.1 Å². The number of piperidine rings is 1. The van der Waals surface area contributed by atoms with Gasteiger partial charge in [0, 0.05) is 24.6 Å². The Hall–Kier alpha value is -1.14. The zero-order chi connectivity index (χ0) is 14.8. The van der Waals surface area contributed by atoms with Gasteiger partial charge in [-0.25, -0.2) is 4.98 Å². The fourth-order valence-corrected chi connectivity index (χ4v) is 4.29. The molecule has 0 radical (unpaired) electrons. The molecule has 116 valence electrons. The van der Waals surface area contributed by atoms with Gasteiger partial charge in [-0.3, -0.25) is 4.79 Å². The van der Waals surface area contributed by atoms with Crippen LogP contribution in [0.15, 0.2) is 0 Å². The average molecular weight is 310 g/mol. The Morgan fingerprint density at radius 3 is 3.14 bits per heavy atom. The molecule has 3 rings (SSSR count). The van der Waals surface area contributed by atoms with Crippen LogP contribution in [0.5, 0.6) is 0 Å². The first-order chi connectivity index (χ1) is 10.2. The van der Waals surface area contributed by atoms with E-state index >= 15 is 0 Å². The summed E-state index contributed by atoms with van der Waals surface area (Å²) in [6.45, 7) is 4.81. The van der Waals surface area contributed by atoms with Crippen molar-refractivity contribution in [2.24, 2.45) is 0 Å². The first-order valence-electron chi connectivity index (χ1n) is 7.78. The van der Waals surface area contributed by atoms with Gasteiger partial charge < -0.3 is 14.7 Å². The summed E-state index contributed by atoms with van der Waals surface area (Å²) in [6, 6.07) is 0. The summed E-state index contributed by atoms with van der Waals surface area (Å²) in [7, 11) is 0. The van der Waals surface area contributed by atoms with Crippen LogP contribution >= 0.6 is 11.3 Å². The van der Waals surface area contributed by atoms with Crippen molar-refractivity contribution in [3.05, 3.63) is 10.6 Å². The highest BCUT2D eigenvalue weighted by Crippen LogP contribution is 2.40. The maximum atomic E-state index is 11.3. The van der Waals surface area contributed by atoms with E-state index in [0.717, 1.165) is 61.1 Å². The summed E-state index contributed by atoms with van der Waals surface area (Å²) in [6.07, 6.45) is 5.11. The van der Waals surface area contributed by atoms with Gasteiger partial charge in [-0.05, 0) is 32.1 Å². The number of aromatic nitrogens is 1. The summed E-state index contributed by atoms with van der Waals surface area (Å²) in [5.74, 6) is -1.14. The highest BCUT2D eigenvalue weighted by atomic mass is 32.1. The lowest BCUT2D eigenvalue weighted by molar-refractivity contribution is -0.138. The molecule has 21 heavy (non-hydrogen) atoms. The molecule has 6 heteroatoms. The van der Waals surface area contributed by atoms with Gasteiger partial charge in [-0.1, -0.05) is 6.92 Å². The van der Waals surface area contributed by atoms with Gasteiger partial charge in [0.05, 0.1) is 11.8 Å². The van der Waals surface area contributed by atoms with Crippen molar-refractivity contribution in [3.63, 3.8) is 0 Å². The van der Waals surface area contributed by atoms with Crippen molar-refractivity contribution in [3.8, 4) is 0 Å². The standard InChI is InChI=1S/C15H22N2O3S/c1-2-8-20-10-4-3-7-17(9-10)15-16-13-11(14(18)19)5-6-12(13)21-15/h10-11H,2-9H2,1H3,(H,18,19). The molecule has 5 nitrogen and oxygen atoms in total. The summed E-state index contributed by atoms with van der Waals surface area (Å²) < 4.78 is 5.86. The molecule has 1 aliphatic carbocycles. The second kappa shape index (κ2) is 6.32. The van der Waals surface area contributed by atoms with E-state index in [1.54, 1.807) is 11.3 Å². The number of anilines is 1. The molecule has 0 aromatic carbocycles. The summed E-state index contributed by atoms with van der Waals surface area (Å²) >= 11 is 1.67. The summed E-state index contributed by atoms with van der Waals surface area (Å²) in [5, 5.41) is 10.2. The van der Waals surface area contributed by atoms with Gasteiger partial charge in [-0.15, -0.1) is 11.3 Å². The molecule has 2 atom stereocenters. The number of carbonyl (C=O) groups is 1. The third-order valence-electron chi connectivity index (χ3n) is 4.21. The van der Waals surface area contributed by atoms with Crippen molar-refractivity contribution < 1.29 is 14.6 Å². The minimum Gasteiger partial charge on any atom is -0.481 e. The highest BCUT2D eigenvalue weighted by molar-refractivity contribution is 7.15. The minimum atomic E-state index is -0.742. The number of hydrogen-bond acceptors (Lipinski definition) is 5. The number of fused-ring (bicyclic) bond motifs is 1. The summed E-state index contributed by atoms with van der Waals surface area (Å²) in [4.78, 5) is 19.3. The van der Waals surface area contributed by atoms with Crippen molar-refractivity contribution in [1.29, 1.82) is 0 Å².